The Kier molecular flexibility index (Phi) is 5.76. The first-order valence-corrected chi connectivity index (χ1v) is 6.37. The number of benzene rings is 1. The Morgan fingerprint density at radius 3 is 2.68 bits per heavy atom. The maximum absolute atomic E-state index is 13.2. The van der Waals surface area contributed by atoms with E-state index in [2.05, 4.69) is 5.32 Å². The zero-order chi connectivity index (χ0) is 14.4. The number of halogens is 1. The van der Waals surface area contributed by atoms with Gasteiger partial charge in [0.15, 0.2) is 0 Å². The smallest absolute Gasteiger partial charge is 0.223 e. The predicted octanol–water partition coefficient (Wildman–Crippen LogP) is 2.14. The van der Waals surface area contributed by atoms with Crippen LogP contribution in [0.5, 0.6) is 5.75 Å². The highest BCUT2D eigenvalue weighted by Gasteiger charge is 2.10. The number of carbonyl (C=O) groups excluding carboxylic acids is 1. The molecule has 0 saturated carbocycles. The molecule has 19 heavy (non-hydrogen) atoms. The van der Waals surface area contributed by atoms with Crippen LogP contribution >= 0.6 is 0 Å². The second-order valence-corrected chi connectivity index (χ2v) is 4.79. The van der Waals surface area contributed by atoms with Crippen LogP contribution in [0.25, 0.3) is 0 Å². The molecular formula is C14H21FN2O2. The van der Waals surface area contributed by atoms with Gasteiger partial charge < -0.3 is 15.8 Å². The van der Waals surface area contributed by atoms with Gasteiger partial charge in [-0.05, 0) is 26.8 Å². The highest BCUT2D eigenvalue weighted by atomic mass is 19.1. The van der Waals surface area contributed by atoms with Crippen LogP contribution in [0.15, 0.2) is 18.2 Å². The second-order valence-electron chi connectivity index (χ2n) is 4.79. The summed E-state index contributed by atoms with van der Waals surface area (Å²) in [5.74, 6) is -0.0767. The van der Waals surface area contributed by atoms with Gasteiger partial charge in [-0.1, -0.05) is 6.07 Å². The Hall–Kier alpha value is -1.62. The van der Waals surface area contributed by atoms with Crippen molar-refractivity contribution in [2.45, 2.75) is 39.3 Å². The second kappa shape index (κ2) is 7.09. The first-order valence-electron chi connectivity index (χ1n) is 6.37. The number of nitrogens with one attached hydrogen (secondary N) is 1. The Morgan fingerprint density at radius 1 is 1.42 bits per heavy atom. The number of carbonyl (C=O) groups is 1. The van der Waals surface area contributed by atoms with Gasteiger partial charge in [0, 0.05) is 23.7 Å². The molecule has 0 spiro atoms. The lowest BCUT2D eigenvalue weighted by molar-refractivity contribution is -0.122. The molecule has 0 aliphatic heterocycles. The lowest BCUT2D eigenvalue weighted by Gasteiger charge is -2.14. The monoisotopic (exact) mass is 268 g/mol. The van der Waals surface area contributed by atoms with E-state index < -0.39 is 0 Å². The van der Waals surface area contributed by atoms with Gasteiger partial charge in [0.05, 0.1) is 13.0 Å². The fourth-order valence-electron chi connectivity index (χ4n) is 1.66. The van der Waals surface area contributed by atoms with E-state index in [0.29, 0.717) is 5.75 Å². The van der Waals surface area contributed by atoms with Crippen LogP contribution in [0.1, 0.15) is 38.8 Å². The summed E-state index contributed by atoms with van der Waals surface area (Å²) in [6, 6.07) is 4.08. The zero-order valence-corrected chi connectivity index (χ0v) is 11.6. The molecule has 1 amide bonds. The molecule has 0 saturated heterocycles. The molecule has 0 heterocycles. The summed E-state index contributed by atoms with van der Waals surface area (Å²) in [5, 5.41) is 2.76. The summed E-state index contributed by atoms with van der Waals surface area (Å²) in [7, 11) is 0. The number of hydrogen-bond acceptors (Lipinski definition) is 3. The molecule has 0 aliphatic rings. The third-order valence-electron chi connectivity index (χ3n) is 2.50. The first-order chi connectivity index (χ1) is 8.90. The fourth-order valence-corrected chi connectivity index (χ4v) is 1.66. The van der Waals surface area contributed by atoms with E-state index in [0.717, 1.165) is 5.56 Å². The molecule has 106 valence electrons. The van der Waals surface area contributed by atoms with Crippen LogP contribution in [0, 0.1) is 5.82 Å². The van der Waals surface area contributed by atoms with Crippen LogP contribution < -0.4 is 15.8 Å². The summed E-state index contributed by atoms with van der Waals surface area (Å²) in [6.07, 6.45) is 0.229. The molecule has 0 radical (unpaired) electrons. The van der Waals surface area contributed by atoms with Crippen molar-refractivity contribution in [3.05, 3.63) is 29.6 Å². The lowest BCUT2D eigenvalue weighted by atomic mass is 10.1. The molecule has 4 nitrogen and oxygen atoms in total. The van der Waals surface area contributed by atoms with Gasteiger partial charge in [0.2, 0.25) is 5.91 Å². The van der Waals surface area contributed by atoms with Gasteiger partial charge in [0.25, 0.3) is 0 Å². The number of nitrogens with two attached hydrogens (primary N) is 1. The van der Waals surface area contributed by atoms with Crippen molar-refractivity contribution in [2.24, 2.45) is 5.73 Å². The van der Waals surface area contributed by atoms with Crippen LogP contribution in [0.3, 0.4) is 0 Å². The largest absolute Gasteiger partial charge is 0.493 e. The Morgan fingerprint density at radius 2 is 2.11 bits per heavy atom. The average Bonchev–Trinajstić information content (AvgIpc) is 2.27. The van der Waals surface area contributed by atoms with Crippen molar-refractivity contribution in [3.63, 3.8) is 0 Å². The van der Waals surface area contributed by atoms with Crippen molar-refractivity contribution in [1.82, 2.24) is 5.32 Å². The molecule has 0 aliphatic carbocycles. The minimum Gasteiger partial charge on any atom is -0.493 e. The Bertz CT molecular complexity index is 433. The minimum absolute atomic E-state index is 0.0891. The van der Waals surface area contributed by atoms with E-state index in [4.69, 9.17) is 10.5 Å². The van der Waals surface area contributed by atoms with Crippen LogP contribution in [-0.4, -0.2) is 18.6 Å². The normalized spacial score (nSPS) is 12.3. The van der Waals surface area contributed by atoms with E-state index in [9.17, 15) is 9.18 Å². The van der Waals surface area contributed by atoms with Gasteiger partial charge in [-0.2, -0.15) is 0 Å². The summed E-state index contributed by atoms with van der Waals surface area (Å²) < 4.78 is 18.6. The summed E-state index contributed by atoms with van der Waals surface area (Å²) >= 11 is 0. The van der Waals surface area contributed by atoms with E-state index >= 15 is 0 Å². The maximum Gasteiger partial charge on any atom is 0.223 e. The van der Waals surface area contributed by atoms with Gasteiger partial charge in [-0.25, -0.2) is 4.39 Å². The Labute approximate surface area is 113 Å². The minimum atomic E-state index is -0.383. The highest BCUT2D eigenvalue weighted by Crippen LogP contribution is 2.24. The molecule has 1 aromatic rings. The van der Waals surface area contributed by atoms with Gasteiger partial charge in [0.1, 0.15) is 11.6 Å². The van der Waals surface area contributed by atoms with Crippen molar-refractivity contribution in [2.75, 3.05) is 6.61 Å². The number of hydrogen-bond donors (Lipinski definition) is 2. The van der Waals surface area contributed by atoms with Crippen molar-refractivity contribution < 1.29 is 13.9 Å². The average molecular weight is 268 g/mol. The van der Waals surface area contributed by atoms with Crippen molar-refractivity contribution >= 4 is 5.91 Å². The van der Waals surface area contributed by atoms with Crippen LogP contribution in [-0.2, 0) is 4.79 Å². The molecule has 1 atom stereocenters. The molecule has 1 aromatic carbocycles. The summed E-state index contributed by atoms with van der Waals surface area (Å²) in [4.78, 5) is 11.4. The molecule has 3 N–H and O–H groups in total. The molecular weight excluding hydrogens is 247 g/mol. The van der Waals surface area contributed by atoms with E-state index in [1.165, 1.54) is 12.1 Å². The maximum atomic E-state index is 13.2. The summed E-state index contributed by atoms with van der Waals surface area (Å²) in [6.45, 7) is 5.77. The van der Waals surface area contributed by atoms with Gasteiger partial charge in [-0.15, -0.1) is 0 Å². The van der Waals surface area contributed by atoms with E-state index in [1.807, 2.05) is 13.8 Å². The first kappa shape index (κ1) is 15.4. The number of amides is 1. The van der Waals surface area contributed by atoms with Gasteiger partial charge >= 0.3 is 0 Å². The van der Waals surface area contributed by atoms with Gasteiger partial charge in [-0.3, -0.25) is 4.79 Å². The molecule has 5 heteroatoms. The van der Waals surface area contributed by atoms with Crippen LogP contribution in [0.2, 0.25) is 0 Å². The molecule has 0 unspecified atom stereocenters. The molecule has 0 bridgehead atoms. The van der Waals surface area contributed by atoms with E-state index in [1.54, 1.807) is 13.0 Å². The van der Waals surface area contributed by atoms with Crippen LogP contribution in [0.4, 0.5) is 4.39 Å². The third-order valence-corrected chi connectivity index (χ3v) is 2.50. The van der Waals surface area contributed by atoms with Crippen molar-refractivity contribution in [3.8, 4) is 5.75 Å². The number of ether oxygens (including phenoxy) is 1. The highest BCUT2D eigenvalue weighted by molar-refractivity contribution is 5.76. The zero-order valence-electron chi connectivity index (χ0n) is 11.6. The third kappa shape index (κ3) is 5.26. The Balaban J connectivity index is 2.57. The standard InChI is InChI=1S/C14H21FN2O2/c1-9(2)17-14(18)6-7-19-13-8-11(15)4-5-12(13)10(3)16/h4-5,8-10H,6-7,16H2,1-3H3,(H,17,18)/t10-/m0/s1. The quantitative estimate of drug-likeness (QED) is 0.830. The molecule has 0 fully saturated rings. The topological polar surface area (TPSA) is 64.3 Å². The molecule has 0 aromatic heterocycles. The predicted molar refractivity (Wildman–Crippen MR) is 72.4 cm³/mol. The molecule has 1 rings (SSSR count). The van der Waals surface area contributed by atoms with E-state index in [-0.39, 0.29) is 36.8 Å². The SMILES string of the molecule is CC(C)NC(=O)CCOc1cc(F)ccc1[C@H](C)N. The van der Waals surface area contributed by atoms with Crippen molar-refractivity contribution in [1.29, 1.82) is 0 Å². The summed E-state index contributed by atoms with van der Waals surface area (Å²) in [5.41, 5.74) is 6.51. The fraction of sp³-hybridized carbons (Fsp3) is 0.500. The lowest BCUT2D eigenvalue weighted by Crippen LogP contribution is -2.31. The number of rotatable bonds is 6.